The third-order valence-corrected chi connectivity index (χ3v) is 4.63. The van der Waals surface area contributed by atoms with Crippen LogP contribution in [0.15, 0.2) is 23.8 Å². The summed E-state index contributed by atoms with van der Waals surface area (Å²) in [5.74, 6) is 0.823. The molecule has 1 heteroatoms. The second-order valence-corrected chi connectivity index (χ2v) is 6.20. The van der Waals surface area contributed by atoms with Crippen molar-refractivity contribution in [3.63, 3.8) is 0 Å². The highest BCUT2D eigenvalue weighted by Crippen LogP contribution is 2.54. The minimum atomic E-state index is 0.189. The molecule has 0 aliphatic heterocycles. The SMILES string of the molecule is CC1CCC2=C(C1)C(C)(C)c1cccc(N)c12. The van der Waals surface area contributed by atoms with Crippen molar-refractivity contribution in [2.75, 3.05) is 5.73 Å². The van der Waals surface area contributed by atoms with Gasteiger partial charge >= 0.3 is 0 Å². The molecule has 0 radical (unpaired) electrons. The molecule has 1 aromatic rings. The zero-order valence-corrected chi connectivity index (χ0v) is 11.0. The number of fused-ring (bicyclic) bond motifs is 2. The van der Waals surface area contributed by atoms with Gasteiger partial charge in [0.2, 0.25) is 0 Å². The number of rotatable bonds is 0. The molecule has 1 unspecified atom stereocenters. The zero-order chi connectivity index (χ0) is 12.2. The summed E-state index contributed by atoms with van der Waals surface area (Å²) in [6, 6.07) is 6.40. The fraction of sp³-hybridized carbons (Fsp3) is 0.500. The van der Waals surface area contributed by atoms with E-state index < -0.39 is 0 Å². The number of anilines is 1. The van der Waals surface area contributed by atoms with E-state index in [0.29, 0.717) is 0 Å². The van der Waals surface area contributed by atoms with Gasteiger partial charge in [-0.15, -0.1) is 0 Å². The molecular weight excluding hydrogens is 206 g/mol. The Morgan fingerprint density at radius 1 is 1.29 bits per heavy atom. The molecule has 0 heterocycles. The van der Waals surface area contributed by atoms with E-state index in [0.717, 1.165) is 11.6 Å². The van der Waals surface area contributed by atoms with Crippen LogP contribution in [0, 0.1) is 5.92 Å². The van der Waals surface area contributed by atoms with Crippen molar-refractivity contribution in [1.29, 1.82) is 0 Å². The topological polar surface area (TPSA) is 26.0 Å². The number of benzene rings is 1. The molecule has 0 saturated carbocycles. The minimum Gasteiger partial charge on any atom is -0.398 e. The second kappa shape index (κ2) is 3.38. The molecule has 0 saturated heterocycles. The van der Waals surface area contributed by atoms with Gasteiger partial charge in [-0.25, -0.2) is 0 Å². The quantitative estimate of drug-likeness (QED) is 0.662. The van der Waals surface area contributed by atoms with Crippen molar-refractivity contribution >= 4 is 11.3 Å². The predicted octanol–water partition coefficient (Wildman–Crippen LogP) is 4.13. The minimum absolute atomic E-state index is 0.189. The van der Waals surface area contributed by atoms with Crippen LogP contribution in [-0.4, -0.2) is 0 Å². The lowest BCUT2D eigenvalue weighted by atomic mass is 9.75. The van der Waals surface area contributed by atoms with E-state index in [2.05, 4.69) is 32.9 Å². The van der Waals surface area contributed by atoms with E-state index in [-0.39, 0.29) is 5.41 Å². The third-order valence-electron chi connectivity index (χ3n) is 4.63. The van der Waals surface area contributed by atoms with Crippen LogP contribution >= 0.6 is 0 Å². The summed E-state index contributed by atoms with van der Waals surface area (Å²) in [4.78, 5) is 0. The second-order valence-electron chi connectivity index (χ2n) is 6.20. The van der Waals surface area contributed by atoms with Gasteiger partial charge in [0, 0.05) is 16.7 Å². The summed E-state index contributed by atoms with van der Waals surface area (Å²) in [5.41, 5.74) is 13.4. The van der Waals surface area contributed by atoms with E-state index in [1.807, 2.05) is 6.07 Å². The molecule has 2 aliphatic carbocycles. The van der Waals surface area contributed by atoms with Crippen molar-refractivity contribution in [2.24, 2.45) is 5.92 Å². The normalized spacial score (nSPS) is 25.7. The Morgan fingerprint density at radius 2 is 2.06 bits per heavy atom. The fourth-order valence-electron chi connectivity index (χ4n) is 3.61. The lowest BCUT2D eigenvalue weighted by Gasteiger charge is -2.29. The number of hydrogen-bond acceptors (Lipinski definition) is 1. The number of nitrogen functional groups attached to an aromatic ring is 1. The van der Waals surface area contributed by atoms with Gasteiger partial charge in [-0.05, 0) is 42.4 Å². The highest BCUT2D eigenvalue weighted by atomic mass is 14.6. The Kier molecular flexibility index (Phi) is 2.16. The molecule has 2 N–H and O–H groups in total. The van der Waals surface area contributed by atoms with Crippen LogP contribution in [0.3, 0.4) is 0 Å². The van der Waals surface area contributed by atoms with Crippen LogP contribution in [0.2, 0.25) is 0 Å². The van der Waals surface area contributed by atoms with Gasteiger partial charge in [0.1, 0.15) is 0 Å². The largest absolute Gasteiger partial charge is 0.398 e. The van der Waals surface area contributed by atoms with Crippen molar-refractivity contribution < 1.29 is 0 Å². The van der Waals surface area contributed by atoms with Gasteiger partial charge < -0.3 is 5.73 Å². The lowest BCUT2D eigenvalue weighted by Crippen LogP contribution is -2.20. The van der Waals surface area contributed by atoms with E-state index in [4.69, 9.17) is 5.73 Å². The van der Waals surface area contributed by atoms with Crippen molar-refractivity contribution in [3.05, 3.63) is 34.9 Å². The van der Waals surface area contributed by atoms with Gasteiger partial charge in [-0.1, -0.05) is 38.5 Å². The molecule has 3 rings (SSSR count). The van der Waals surface area contributed by atoms with Gasteiger partial charge in [0.15, 0.2) is 0 Å². The molecule has 1 aromatic carbocycles. The van der Waals surface area contributed by atoms with Gasteiger partial charge in [0.05, 0.1) is 0 Å². The smallest absolute Gasteiger partial charge is 0.0393 e. The van der Waals surface area contributed by atoms with Gasteiger partial charge in [-0.2, -0.15) is 0 Å². The highest BCUT2D eigenvalue weighted by molar-refractivity contribution is 5.86. The standard InChI is InChI=1S/C16H21N/c1-10-7-8-11-13(9-10)16(2,3)12-5-4-6-14(17)15(11)12/h4-6,10H,7-9,17H2,1-3H3. The Morgan fingerprint density at radius 3 is 2.82 bits per heavy atom. The van der Waals surface area contributed by atoms with Gasteiger partial charge in [0.25, 0.3) is 0 Å². The van der Waals surface area contributed by atoms with Gasteiger partial charge in [-0.3, -0.25) is 0 Å². The molecule has 90 valence electrons. The number of nitrogens with two attached hydrogens (primary N) is 1. The van der Waals surface area contributed by atoms with Crippen LogP contribution < -0.4 is 5.73 Å². The first-order valence-electron chi connectivity index (χ1n) is 6.63. The maximum atomic E-state index is 6.20. The summed E-state index contributed by atoms with van der Waals surface area (Å²) < 4.78 is 0. The first-order chi connectivity index (χ1) is 8.01. The molecular formula is C16H21N. The fourth-order valence-corrected chi connectivity index (χ4v) is 3.61. The van der Waals surface area contributed by atoms with Crippen molar-refractivity contribution in [1.82, 2.24) is 0 Å². The summed E-state index contributed by atoms with van der Waals surface area (Å²) in [6.07, 6.45) is 3.76. The molecule has 0 bridgehead atoms. The first kappa shape index (κ1) is 10.9. The van der Waals surface area contributed by atoms with Crippen molar-refractivity contribution in [3.8, 4) is 0 Å². The van der Waals surface area contributed by atoms with E-state index in [1.165, 1.54) is 30.4 Å². The Labute approximate surface area is 104 Å². The average molecular weight is 227 g/mol. The number of hydrogen-bond donors (Lipinski definition) is 1. The molecule has 0 amide bonds. The number of allylic oxidation sites excluding steroid dienone is 2. The molecule has 0 aromatic heterocycles. The van der Waals surface area contributed by atoms with Crippen LogP contribution in [0.1, 0.15) is 51.2 Å². The first-order valence-corrected chi connectivity index (χ1v) is 6.63. The molecule has 1 atom stereocenters. The lowest BCUT2D eigenvalue weighted by molar-refractivity contribution is 0.473. The summed E-state index contributed by atoms with van der Waals surface area (Å²) >= 11 is 0. The summed E-state index contributed by atoms with van der Waals surface area (Å²) in [5, 5.41) is 0. The van der Waals surface area contributed by atoms with E-state index in [9.17, 15) is 0 Å². The van der Waals surface area contributed by atoms with Crippen LogP contribution in [0.25, 0.3) is 5.57 Å². The predicted molar refractivity (Wildman–Crippen MR) is 73.8 cm³/mol. The molecule has 17 heavy (non-hydrogen) atoms. The monoisotopic (exact) mass is 227 g/mol. The van der Waals surface area contributed by atoms with E-state index in [1.54, 1.807) is 11.1 Å². The molecule has 1 nitrogen and oxygen atoms in total. The maximum Gasteiger partial charge on any atom is 0.0393 e. The zero-order valence-electron chi connectivity index (χ0n) is 11.0. The van der Waals surface area contributed by atoms with Crippen LogP contribution in [0.5, 0.6) is 0 Å². The average Bonchev–Trinajstić information content (AvgIpc) is 2.50. The summed E-state index contributed by atoms with van der Waals surface area (Å²) in [6.45, 7) is 7.07. The third kappa shape index (κ3) is 1.38. The Balaban J connectivity index is 2.24. The maximum absolute atomic E-state index is 6.20. The van der Waals surface area contributed by atoms with Crippen LogP contribution in [-0.2, 0) is 5.41 Å². The van der Waals surface area contributed by atoms with E-state index >= 15 is 0 Å². The molecule has 2 aliphatic rings. The molecule has 0 fully saturated rings. The summed E-state index contributed by atoms with van der Waals surface area (Å²) in [7, 11) is 0. The van der Waals surface area contributed by atoms with Crippen molar-refractivity contribution in [2.45, 2.75) is 45.4 Å². The Hall–Kier alpha value is -1.24. The van der Waals surface area contributed by atoms with Crippen LogP contribution in [0.4, 0.5) is 5.69 Å². The Bertz CT molecular complexity index is 508. The molecule has 0 spiro atoms. The highest BCUT2D eigenvalue weighted by Gasteiger charge is 2.40.